The Morgan fingerprint density at radius 2 is 1.97 bits per heavy atom. The molecule has 0 unspecified atom stereocenters. The number of amides is 1. The number of anilines is 1. The first-order valence-corrected chi connectivity index (χ1v) is 10.2. The van der Waals surface area contributed by atoms with Crippen molar-refractivity contribution in [1.29, 1.82) is 0 Å². The van der Waals surface area contributed by atoms with Crippen LogP contribution in [0.2, 0.25) is 0 Å². The first kappa shape index (κ1) is 21.8. The number of para-hydroxylation sites is 1. The average Bonchev–Trinajstić information content (AvgIpc) is 3.01. The average molecular weight is 448 g/mol. The number of benzene rings is 2. The Labute approximate surface area is 182 Å². The molecule has 0 N–H and O–H groups in total. The van der Waals surface area contributed by atoms with Crippen molar-refractivity contribution in [2.45, 2.75) is 6.92 Å². The number of carbonyl (C=O) groups is 2. The highest BCUT2D eigenvalue weighted by Gasteiger charge is 2.33. The van der Waals surface area contributed by atoms with Crippen molar-refractivity contribution in [3.63, 3.8) is 0 Å². The highest BCUT2D eigenvalue weighted by Crippen LogP contribution is 2.39. The monoisotopic (exact) mass is 447 g/mol. The molecule has 156 valence electrons. The van der Waals surface area contributed by atoms with Crippen molar-refractivity contribution >= 4 is 51.9 Å². The van der Waals surface area contributed by atoms with Crippen molar-refractivity contribution < 1.29 is 28.2 Å². The van der Waals surface area contributed by atoms with E-state index >= 15 is 0 Å². The Balaban J connectivity index is 1.90. The van der Waals surface area contributed by atoms with Gasteiger partial charge in [0.05, 0.1) is 24.3 Å². The molecule has 2 aromatic carbocycles. The van der Waals surface area contributed by atoms with Gasteiger partial charge in [-0.05, 0) is 43.3 Å². The number of ether oxygens (including phenoxy) is 3. The molecular weight excluding hydrogens is 429 g/mol. The van der Waals surface area contributed by atoms with Gasteiger partial charge in [0.25, 0.3) is 5.91 Å². The largest absolute Gasteiger partial charge is 0.493 e. The summed E-state index contributed by atoms with van der Waals surface area (Å²) in [6, 6.07) is 10.7. The molecule has 3 rings (SSSR count). The van der Waals surface area contributed by atoms with E-state index < -0.39 is 11.8 Å². The molecule has 9 heteroatoms. The number of carbonyl (C=O) groups excluding carboxylic acids is 2. The maximum Gasteiger partial charge on any atom is 0.344 e. The minimum Gasteiger partial charge on any atom is -0.493 e. The second-order valence-corrected chi connectivity index (χ2v) is 7.64. The van der Waals surface area contributed by atoms with E-state index in [9.17, 15) is 14.0 Å². The van der Waals surface area contributed by atoms with Gasteiger partial charge < -0.3 is 14.2 Å². The lowest BCUT2D eigenvalue weighted by atomic mass is 10.1. The molecular formula is C21H18FNO5S2. The number of methoxy groups -OCH3 is 1. The Hall–Kier alpha value is -2.91. The van der Waals surface area contributed by atoms with Crippen molar-refractivity contribution in [3.05, 3.63) is 58.8 Å². The van der Waals surface area contributed by atoms with Crippen LogP contribution in [-0.4, -0.2) is 36.5 Å². The molecule has 0 aromatic heterocycles. The standard InChI is InChI=1S/C21H18FNO5S2/c1-3-27-18(24)12-28-19-13(5-4-6-16(19)26-2)11-17-20(25)23(21(29)30-17)15-9-7-14(22)8-10-15/h4-11H,3,12H2,1-2H3. The SMILES string of the molecule is CCOC(=O)COc1c(C=C2SC(=S)N(c3ccc(F)cc3)C2=O)cccc1OC. The summed E-state index contributed by atoms with van der Waals surface area (Å²) in [6.45, 7) is 1.65. The smallest absolute Gasteiger partial charge is 0.344 e. The van der Waals surface area contributed by atoms with Crippen molar-refractivity contribution in [2.75, 3.05) is 25.2 Å². The molecule has 0 aliphatic carbocycles. The summed E-state index contributed by atoms with van der Waals surface area (Å²) in [5.74, 6) is -0.547. The van der Waals surface area contributed by atoms with E-state index in [2.05, 4.69) is 0 Å². The summed E-state index contributed by atoms with van der Waals surface area (Å²) in [6.07, 6.45) is 1.62. The maximum absolute atomic E-state index is 13.2. The van der Waals surface area contributed by atoms with Gasteiger partial charge in [-0.3, -0.25) is 9.69 Å². The predicted octanol–water partition coefficient (Wildman–Crippen LogP) is 4.18. The highest BCUT2D eigenvalue weighted by molar-refractivity contribution is 8.27. The molecule has 1 saturated heterocycles. The number of thiocarbonyl (C=S) groups is 1. The third kappa shape index (κ3) is 4.80. The van der Waals surface area contributed by atoms with E-state index in [4.69, 9.17) is 26.4 Å². The third-order valence-corrected chi connectivity index (χ3v) is 5.34. The fourth-order valence-corrected chi connectivity index (χ4v) is 4.01. The lowest BCUT2D eigenvalue weighted by Crippen LogP contribution is -2.27. The van der Waals surface area contributed by atoms with Gasteiger partial charge in [0.1, 0.15) is 5.82 Å². The van der Waals surface area contributed by atoms with Crippen LogP contribution in [0.5, 0.6) is 11.5 Å². The van der Waals surface area contributed by atoms with Gasteiger partial charge >= 0.3 is 5.97 Å². The van der Waals surface area contributed by atoms with Crippen LogP contribution in [0, 0.1) is 5.82 Å². The van der Waals surface area contributed by atoms with E-state index in [-0.39, 0.29) is 19.1 Å². The minimum atomic E-state index is -0.517. The third-order valence-electron chi connectivity index (χ3n) is 4.03. The second-order valence-electron chi connectivity index (χ2n) is 5.97. The van der Waals surface area contributed by atoms with Gasteiger partial charge in [0.15, 0.2) is 22.4 Å². The molecule has 0 saturated carbocycles. The van der Waals surface area contributed by atoms with Crippen LogP contribution in [0.15, 0.2) is 47.4 Å². The normalized spacial score (nSPS) is 14.9. The van der Waals surface area contributed by atoms with Gasteiger partial charge in [-0.25, -0.2) is 9.18 Å². The van der Waals surface area contributed by atoms with Gasteiger partial charge in [0.2, 0.25) is 0 Å². The fraction of sp³-hybridized carbons (Fsp3) is 0.190. The molecule has 0 spiro atoms. The molecule has 1 amide bonds. The first-order valence-electron chi connectivity index (χ1n) is 8.93. The minimum absolute atomic E-state index is 0.243. The number of hydrogen-bond acceptors (Lipinski definition) is 7. The van der Waals surface area contributed by atoms with Crippen LogP contribution in [0.25, 0.3) is 6.08 Å². The van der Waals surface area contributed by atoms with Crippen LogP contribution in [0.3, 0.4) is 0 Å². The molecule has 0 radical (unpaired) electrons. The van der Waals surface area contributed by atoms with E-state index in [1.165, 1.54) is 36.3 Å². The zero-order valence-corrected chi connectivity index (χ0v) is 17.8. The number of thioether (sulfide) groups is 1. The molecule has 1 aliphatic rings. The zero-order chi connectivity index (χ0) is 21.7. The number of halogens is 1. The summed E-state index contributed by atoms with van der Waals surface area (Å²) in [5.41, 5.74) is 1.02. The number of nitrogens with zero attached hydrogens (tertiary/aromatic N) is 1. The number of esters is 1. The first-order chi connectivity index (χ1) is 14.4. The Bertz CT molecular complexity index is 1010. The van der Waals surface area contributed by atoms with Crippen LogP contribution >= 0.6 is 24.0 Å². The van der Waals surface area contributed by atoms with Gasteiger partial charge in [0, 0.05) is 5.56 Å². The van der Waals surface area contributed by atoms with E-state index in [1.807, 2.05) is 0 Å². The molecule has 1 fully saturated rings. The lowest BCUT2D eigenvalue weighted by molar-refractivity contribution is -0.145. The molecule has 1 aliphatic heterocycles. The molecule has 30 heavy (non-hydrogen) atoms. The molecule has 0 atom stereocenters. The van der Waals surface area contributed by atoms with Crippen molar-refractivity contribution in [3.8, 4) is 11.5 Å². The van der Waals surface area contributed by atoms with E-state index in [0.29, 0.717) is 32.0 Å². The van der Waals surface area contributed by atoms with Gasteiger partial charge in [-0.1, -0.05) is 36.1 Å². The highest BCUT2D eigenvalue weighted by atomic mass is 32.2. The summed E-state index contributed by atoms with van der Waals surface area (Å²) < 4.78 is 29.4. The van der Waals surface area contributed by atoms with Crippen molar-refractivity contribution in [1.82, 2.24) is 0 Å². The van der Waals surface area contributed by atoms with Crippen LogP contribution < -0.4 is 14.4 Å². The van der Waals surface area contributed by atoms with Crippen LogP contribution in [0.4, 0.5) is 10.1 Å². The van der Waals surface area contributed by atoms with Crippen LogP contribution in [0.1, 0.15) is 12.5 Å². The zero-order valence-electron chi connectivity index (χ0n) is 16.2. The van der Waals surface area contributed by atoms with E-state index in [0.717, 1.165) is 11.8 Å². The van der Waals surface area contributed by atoms with Crippen molar-refractivity contribution in [2.24, 2.45) is 0 Å². The Morgan fingerprint density at radius 1 is 1.23 bits per heavy atom. The fourth-order valence-electron chi connectivity index (χ4n) is 2.72. The molecule has 1 heterocycles. The van der Waals surface area contributed by atoms with Gasteiger partial charge in [-0.2, -0.15) is 0 Å². The van der Waals surface area contributed by atoms with Crippen LogP contribution in [-0.2, 0) is 14.3 Å². The maximum atomic E-state index is 13.2. The van der Waals surface area contributed by atoms with Gasteiger partial charge in [-0.15, -0.1) is 0 Å². The lowest BCUT2D eigenvalue weighted by Gasteiger charge is -2.14. The number of rotatable bonds is 7. The topological polar surface area (TPSA) is 65.1 Å². The quantitative estimate of drug-likeness (QED) is 0.358. The summed E-state index contributed by atoms with van der Waals surface area (Å²) in [7, 11) is 1.48. The Morgan fingerprint density at radius 3 is 2.63 bits per heavy atom. The molecule has 6 nitrogen and oxygen atoms in total. The summed E-state index contributed by atoms with van der Waals surface area (Å²) in [5, 5.41) is 0. The predicted molar refractivity (Wildman–Crippen MR) is 117 cm³/mol. The number of hydrogen-bond donors (Lipinski definition) is 0. The summed E-state index contributed by atoms with van der Waals surface area (Å²) >= 11 is 6.46. The second kappa shape index (κ2) is 9.73. The molecule has 2 aromatic rings. The summed E-state index contributed by atoms with van der Waals surface area (Å²) in [4.78, 5) is 26.3. The Kier molecular flexibility index (Phi) is 7.07. The molecule has 0 bridgehead atoms. The van der Waals surface area contributed by atoms with E-state index in [1.54, 1.807) is 31.2 Å².